The van der Waals surface area contributed by atoms with Crippen LogP contribution in [0.15, 0.2) is 12.3 Å². The van der Waals surface area contributed by atoms with Gasteiger partial charge >= 0.3 is 0 Å². The van der Waals surface area contributed by atoms with Crippen molar-refractivity contribution in [2.24, 2.45) is 0 Å². The van der Waals surface area contributed by atoms with Crippen molar-refractivity contribution in [3.05, 3.63) is 12.3 Å². The third-order valence-corrected chi connectivity index (χ3v) is 0.944. The van der Waals surface area contributed by atoms with E-state index in [2.05, 4.69) is 16.7 Å². The van der Waals surface area contributed by atoms with Crippen molar-refractivity contribution in [3.8, 4) is 0 Å². The van der Waals surface area contributed by atoms with Gasteiger partial charge in [-0.3, -0.25) is 0 Å². The lowest BCUT2D eigenvalue weighted by atomic mass is 10.6. The lowest BCUT2D eigenvalue weighted by Crippen LogP contribution is -2.20. The van der Waals surface area contributed by atoms with Gasteiger partial charge in [-0.25, -0.2) is 0 Å². The SMILES string of the molecule is C1=CNCCNC1.Cl.Cl. The molecule has 4 heteroatoms. The van der Waals surface area contributed by atoms with Crippen LogP contribution in [0.1, 0.15) is 0 Å². The molecule has 0 aromatic carbocycles. The Hall–Kier alpha value is 0.0800. The van der Waals surface area contributed by atoms with E-state index in [1.807, 2.05) is 6.20 Å². The van der Waals surface area contributed by atoms with Crippen molar-refractivity contribution in [1.29, 1.82) is 0 Å². The predicted octanol–water partition coefficient (Wildman–Crippen LogP) is 0.536. The van der Waals surface area contributed by atoms with Crippen LogP contribution >= 0.6 is 24.8 Å². The standard InChI is InChI=1S/C5H10N2.2ClH/c1-2-6-4-5-7-3-1;;/h1-2,6-7H,3-5H2;2*1H. The van der Waals surface area contributed by atoms with E-state index in [-0.39, 0.29) is 24.8 Å². The van der Waals surface area contributed by atoms with E-state index in [0.717, 1.165) is 19.6 Å². The smallest absolute Gasteiger partial charge is 0.0266 e. The Bertz CT molecular complexity index is 67.4. The summed E-state index contributed by atoms with van der Waals surface area (Å²) in [5.74, 6) is 0. The van der Waals surface area contributed by atoms with Crippen molar-refractivity contribution in [2.45, 2.75) is 0 Å². The summed E-state index contributed by atoms with van der Waals surface area (Å²) in [6.45, 7) is 3.14. The maximum atomic E-state index is 3.20. The van der Waals surface area contributed by atoms with Crippen molar-refractivity contribution in [2.75, 3.05) is 19.6 Å². The zero-order valence-corrected chi connectivity index (χ0v) is 6.73. The molecular weight excluding hydrogens is 159 g/mol. The van der Waals surface area contributed by atoms with Gasteiger partial charge in [0.25, 0.3) is 0 Å². The van der Waals surface area contributed by atoms with Crippen LogP contribution in [0.4, 0.5) is 0 Å². The van der Waals surface area contributed by atoms with Crippen molar-refractivity contribution in [1.82, 2.24) is 10.6 Å². The fourth-order valence-electron chi connectivity index (χ4n) is 0.572. The van der Waals surface area contributed by atoms with Crippen LogP contribution in [0.3, 0.4) is 0 Å². The quantitative estimate of drug-likeness (QED) is 0.555. The summed E-state index contributed by atoms with van der Waals surface area (Å²) in [7, 11) is 0. The molecule has 0 bridgehead atoms. The highest BCUT2D eigenvalue weighted by molar-refractivity contribution is 5.85. The molecule has 0 saturated carbocycles. The van der Waals surface area contributed by atoms with E-state index in [4.69, 9.17) is 0 Å². The average molecular weight is 171 g/mol. The first-order valence-corrected chi connectivity index (χ1v) is 2.59. The second-order valence-electron chi connectivity index (χ2n) is 1.56. The molecule has 0 spiro atoms. The zero-order valence-electron chi connectivity index (χ0n) is 5.09. The molecule has 0 atom stereocenters. The van der Waals surface area contributed by atoms with Crippen LogP contribution in [0, 0.1) is 0 Å². The minimum absolute atomic E-state index is 0. The Balaban J connectivity index is 0. The second kappa shape index (κ2) is 8.08. The van der Waals surface area contributed by atoms with Crippen molar-refractivity contribution >= 4 is 24.8 Å². The van der Waals surface area contributed by atoms with Gasteiger partial charge in [-0.1, -0.05) is 6.08 Å². The van der Waals surface area contributed by atoms with Crippen LogP contribution in [-0.4, -0.2) is 19.6 Å². The molecule has 1 rings (SSSR count). The highest BCUT2D eigenvalue weighted by Gasteiger charge is 1.84. The van der Waals surface area contributed by atoms with Crippen molar-refractivity contribution in [3.63, 3.8) is 0 Å². The van der Waals surface area contributed by atoms with E-state index in [1.165, 1.54) is 0 Å². The molecule has 0 unspecified atom stereocenters. The molecule has 0 fully saturated rings. The normalized spacial score (nSPS) is 16.0. The molecule has 1 aliphatic rings. The van der Waals surface area contributed by atoms with Gasteiger partial charge in [0.1, 0.15) is 0 Å². The summed E-state index contributed by atoms with van der Waals surface area (Å²) in [6, 6.07) is 0. The molecule has 0 aromatic heterocycles. The Morgan fingerprint density at radius 2 is 1.89 bits per heavy atom. The molecule has 2 nitrogen and oxygen atoms in total. The molecule has 9 heavy (non-hydrogen) atoms. The van der Waals surface area contributed by atoms with E-state index in [9.17, 15) is 0 Å². The second-order valence-corrected chi connectivity index (χ2v) is 1.56. The third-order valence-electron chi connectivity index (χ3n) is 0.944. The first-order chi connectivity index (χ1) is 3.50. The Morgan fingerprint density at radius 1 is 1.11 bits per heavy atom. The maximum Gasteiger partial charge on any atom is 0.0266 e. The number of rotatable bonds is 0. The van der Waals surface area contributed by atoms with Gasteiger partial charge in [0.15, 0.2) is 0 Å². The zero-order chi connectivity index (χ0) is 4.95. The Labute approximate surface area is 67.9 Å². The number of halogens is 2. The summed E-state index contributed by atoms with van der Waals surface area (Å²) in [6.07, 6.45) is 4.06. The largest absolute Gasteiger partial charge is 0.390 e. The van der Waals surface area contributed by atoms with Gasteiger partial charge in [-0.2, -0.15) is 0 Å². The van der Waals surface area contributed by atoms with Crippen LogP contribution in [-0.2, 0) is 0 Å². The first-order valence-electron chi connectivity index (χ1n) is 2.59. The minimum Gasteiger partial charge on any atom is -0.390 e. The van der Waals surface area contributed by atoms with Gasteiger partial charge in [-0.05, 0) is 6.20 Å². The number of hydrogen-bond acceptors (Lipinski definition) is 2. The molecule has 56 valence electrons. The van der Waals surface area contributed by atoms with E-state index in [0.29, 0.717) is 0 Å². The Morgan fingerprint density at radius 3 is 2.67 bits per heavy atom. The minimum atomic E-state index is 0. The molecular formula is C5H12Cl2N2. The molecule has 0 amide bonds. The third kappa shape index (κ3) is 5.96. The van der Waals surface area contributed by atoms with Gasteiger partial charge in [0, 0.05) is 19.6 Å². The molecule has 1 aliphatic heterocycles. The van der Waals surface area contributed by atoms with Gasteiger partial charge in [0.2, 0.25) is 0 Å². The average Bonchev–Trinajstić information content (AvgIpc) is 1.90. The van der Waals surface area contributed by atoms with Gasteiger partial charge < -0.3 is 10.6 Å². The monoisotopic (exact) mass is 170 g/mol. The summed E-state index contributed by atoms with van der Waals surface area (Å²) in [5.41, 5.74) is 0. The molecule has 1 heterocycles. The predicted molar refractivity (Wildman–Crippen MR) is 44.5 cm³/mol. The number of nitrogens with one attached hydrogen (secondary N) is 2. The molecule has 2 N–H and O–H groups in total. The van der Waals surface area contributed by atoms with Gasteiger partial charge in [0.05, 0.1) is 0 Å². The van der Waals surface area contributed by atoms with Gasteiger partial charge in [-0.15, -0.1) is 24.8 Å². The summed E-state index contributed by atoms with van der Waals surface area (Å²) in [4.78, 5) is 0. The summed E-state index contributed by atoms with van der Waals surface area (Å²) < 4.78 is 0. The lowest BCUT2D eigenvalue weighted by molar-refractivity contribution is 0.732. The topological polar surface area (TPSA) is 24.1 Å². The Kier molecular flexibility index (Phi) is 10.6. The fraction of sp³-hybridized carbons (Fsp3) is 0.600. The summed E-state index contributed by atoms with van der Waals surface area (Å²) in [5, 5.41) is 6.30. The number of hydrogen-bond donors (Lipinski definition) is 2. The lowest BCUT2D eigenvalue weighted by Gasteiger charge is -1.93. The van der Waals surface area contributed by atoms with E-state index in [1.54, 1.807) is 0 Å². The summed E-state index contributed by atoms with van der Waals surface area (Å²) >= 11 is 0. The van der Waals surface area contributed by atoms with E-state index >= 15 is 0 Å². The first kappa shape index (κ1) is 11.8. The van der Waals surface area contributed by atoms with Crippen molar-refractivity contribution < 1.29 is 0 Å². The molecule has 0 radical (unpaired) electrons. The highest BCUT2D eigenvalue weighted by Crippen LogP contribution is 1.70. The van der Waals surface area contributed by atoms with Crippen LogP contribution in [0.25, 0.3) is 0 Å². The fourth-order valence-corrected chi connectivity index (χ4v) is 0.572. The van der Waals surface area contributed by atoms with Crippen LogP contribution in [0.2, 0.25) is 0 Å². The van der Waals surface area contributed by atoms with E-state index < -0.39 is 0 Å². The molecule has 0 aromatic rings. The highest BCUT2D eigenvalue weighted by atomic mass is 35.5. The molecule has 0 saturated heterocycles. The van der Waals surface area contributed by atoms with Crippen LogP contribution in [0.5, 0.6) is 0 Å². The van der Waals surface area contributed by atoms with Crippen LogP contribution < -0.4 is 10.6 Å². The molecule has 0 aliphatic carbocycles. The maximum absolute atomic E-state index is 3.20.